The number of rotatable bonds is 5. The van der Waals surface area contributed by atoms with Gasteiger partial charge in [-0.3, -0.25) is 4.79 Å². The maximum Gasteiger partial charge on any atom is 0.277 e. The molecule has 2 aliphatic rings. The zero-order valence-corrected chi connectivity index (χ0v) is 16.8. The van der Waals surface area contributed by atoms with Gasteiger partial charge in [-0.25, -0.2) is 0 Å². The summed E-state index contributed by atoms with van der Waals surface area (Å²) in [7, 11) is 0. The smallest absolute Gasteiger partial charge is 0.277 e. The maximum absolute atomic E-state index is 13.2. The van der Waals surface area contributed by atoms with Crippen LogP contribution in [0.4, 0.5) is 0 Å². The van der Waals surface area contributed by atoms with E-state index in [4.69, 9.17) is 18.6 Å². The number of amides is 1. The predicted molar refractivity (Wildman–Crippen MR) is 108 cm³/mol. The van der Waals surface area contributed by atoms with Crippen molar-refractivity contribution in [3.8, 4) is 23.0 Å². The Morgan fingerprint density at radius 1 is 1.00 bits per heavy atom. The molecule has 3 aromatic rings. The van der Waals surface area contributed by atoms with Crippen LogP contribution in [0.25, 0.3) is 11.5 Å². The van der Waals surface area contributed by atoms with Gasteiger partial charge in [0.2, 0.25) is 18.6 Å². The minimum atomic E-state index is -0.477. The third-order valence-electron chi connectivity index (χ3n) is 4.89. The van der Waals surface area contributed by atoms with Gasteiger partial charge in [0.05, 0.1) is 13.2 Å². The van der Waals surface area contributed by atoms with Gasteiger partial charge in [-0.15, -0.1) is 10.2 Å². The number of nitrogens with zero attached hydrogens (tertiary/aromatic N) is 3. The lowest BCUT2D eigenvalue weighted by molar-refractivity contribution is -0.134. The van der Waals surface area contributed by atoms with Crippen molar-refractivity contribution in [2.45, 2.75) is 10.5 Å². The molecule has 2 aliphatic heterocycles. The zero-order valence-electron chi connectivity index (χ0n) is 16.0. The molecular formula is C21H19N3O5S. The monoisotopic (exact) mass is 425 g/mol. The van der Waals surface area contributed by atoms with E-state index in [-0.39, 0.29) is 12.7 Å². The van der Waals surface area contributed by atoms with Gasteiger partial charge >= 0.3 is 0 Å². The Labute approximate surface area is 177 Å². The van der Waals surface area contributed by atoms with E-state index in [1.54, 1.807) is 6.07 Å². The van der Waals surface area contributed by atoms with Crippen LogP contribution in [0, 0.1) is 0 Å². The van der Waals surface area contributed by atoms with Gasteiger partial charge in [0, 0.05) is 18.7 Å². The van der Waals surface area contributed by atoms with E-state index in [1.165, 1.54) is 11.8 Å². The van der Waals surface area contributed by atoms with Crippen LogP contribution < -0.4 is 9.47 Å². The quantitative estimate of drug-likeness (QED) is 0.576. The van der Waals surface area contributed by atoms with Crippen molar-refractivity contribution in [1.82, 2.24) is 15.1 Å². The van der Waals surface area contributed by atoms with Crippen molar-refractivity contribution in [2.75, 3.05) is 33.1 Å². The standard InChI is InChI=1S/C21H19N3O5S/c25-20(24-8-10-26-11-9-24)18(14-4-2-1-3-5-14)30-21-23-22-19(29-21)15-6-7-16-17(12-15)28-13-27-16/h1-7,12,18H,8-11,13H2/t18-/m0/s1. The molecule has 1 fully saturated rings. The minimum absolute atomic E-state index is 0.0114. The van der Waals surface area contributed by atoms with E-state index in [0.717, 1.165) is 11.1 Å². The highest BCUT2D eigenvalue weighted by molar-refractivity contribution is 8.00. The number of benzene rings is 2. The van der Waals surface area contributed by atoms with Gasteiger partial charge in [-0.2, -0.15) is 0 Å². The average molecular weight is 425 g/mol. The molecule has 1 atom stereocenters. The summed E-state index contributed by atoms with van der Waals surface area (Å²) < 4.78 is 22.0. The number of carbonyl (C=O) groups excluding carboxylic acids is 1. The molecule has 154 valence electrons. The Morgan fingerprint density at radius 2 is 1.80 bits per heavy atom. The van der Waals surface area contributed by atoms with Gasteiger partial charge < -0.3 is 23.5 Å². The summed E-state index contributed by atoms with van der Waals surface area (Å²) in [6.07, 6.45) is 0. The van der Waals surface area contributed by atoms with Crippen molar-refractivity contribution in [2.24, 2.45) is 0 Å². The average Bonchev–Trinajstić information content (AvgIpc) is 3.47. The summed E-state index contributed by atoms with van der Waals surface area (Å²) in [5.41, 5.74) is 1.62. The number of hydrogen-bond donors (Lipinski definition) is 0. The molecule has 0 bridgehead atoms. The van der Waals surface area contributed by atoms with Crippen LogP contribution in [0.15, 0.2) is 58.2 Å². The molecule has 1 aromatic heterocycles. The van der Waals surface area contributed by atoms with E-state index in [2.05, 4.69) is 10.2 Å². The Kier molecular flexibility index (Phi) is 5.29. The first-order valence-corrected chi connectivity index (χ1v) is 10.5. The number of hydrogen-bond acceptors (Lipinski definition) is 8. The minimum Gasteiger partial charge on any atom is -0.454 e. The zero-order chi connectivity index (χ0) is 20.3. The lowest BCUT2D eigenvalue weighted by atomic mass is 10.1. The molecule has 30 heavy (non-hydrogen) atoms. The second kappa shape index (κ2) is 8.37. The molecule has 2 aromatic carbocycles. The SMILES string of the molecule is O=C([C@@H](Sc1nnc(-c2ccc3c(c2)OCO3)o1)c1ccccc1)N1CCOCC1. The fourth-order valence-electron chi connectivity index (χ4n) is 3.34. The molecule has 0 saturated carbocycles. The summed E-state index contributed by atoms with van der Waals surface area (Å²) >= 11 is 1.26. The third kappa shape index (κ3) is 3.86. The van der Waals surface area contributed by atoms with Crippen LogP contribution in [0.1, 0.15) is 10.8 Å². The van der Waals surface area contributed by atoms with E-state index in [9.17, 15) is 4.79 Å². The fraction of sp³-hybridized carbons (Fsp3) is 0.286. The number of fused-ring (bicyclic) bond motifs is 1. The lowest BCUT2D eigenvalue weighted by Gasteiger charge is -2.29. The van der Waals surface area contributed by atoms with Crippen LogP contribution in [0.5, 0.6) is 11.5 Å². The molecule has 3 heterocycles. The molecule has 9 heteroatoms. The van der Waals surface area contributed by atoms with E-state index < -0.39 is 5.25 Å². The summed E-state index contributed by atoms with van der Waals surface area (Å²) in [5, 5.41) is 8.16. The Balaban J connectivity index is 1.39. The van der Waals surface area contributed by atoms with Crippen LogP contribution in [-0.2, 0) is 9.53 Å². The summed E-state index contributed by atoms with van der Waals surface area (Å²) in [6, 6.07) is 15.1. The highest BCUT2D eigenvalue weighted by atomic mass is 32.2. The first-order valence-electron chi connectivity index (χ1n) is 9.59. The molecule has 0 aliphatic carbocycles. The van der Waals surface area contributed by atoms with Crippen LogP contribution in [0.2, 0.25) is 0 Å². The van der Waals surface area contributed by atoms with Gasteiger partial charge in [0.25, 0.3) is 5.22 Å². The predicted octanol–water partition coefficient (Wildman–Crippen LogP) is 3.16. The van der Waals surface area contributed by atoms with Gasteiger partial charge in [-0.05, 0) is 35.5 Å². The molecule has 5 rings (SSSR count). The fourth-order valence-corrected chi connectivity index (χ4v) is 4.30. The molecule has 0 spiro atoms. The Morgan fingerprint density at radius 3 is 2.63 bits per heavy atom. The van der Waals surface area contributed by atoms with E-state index >= 15 is 0 Å². The maximum atomic E-state index is 13.2. The number of thioether (sulfide) groups is 1. The molecular weight excluding hydrogens is 406 g/mol. The Bertz CT molecular complexity index is 1040. The number of aromatic nitrogens is 2. The van der Waals surface area contributed by atoms with Crippen molar-refractivity contribution < 1.29 is 23.4 Å². The van der Waals surface area contributed by atoms with Crippen LogP contribution in [0.3, 0.4) is 0 Å². The molecule has 1 amide bonds. The van der Waals surface area contributed by atoms with Crippen molar-refractivity contribution >= 4 is 17.7 Å². The highest BCUT2D eigenvalue weighted by Gasteiger charge is 2.30. The lowest BCUT2D eigenvalue weighted by Crippen LogP contribution is -2.42. The second-order valence-electron chi connectivity index (χ2n) is 6.79. The summed E-state index contributed by atoms with van der Waals surface area (Å²) in [4.78, 5) is 15.1. The molecule has 8 nitrogen and oxygen atoms in total. The van der Waals surface area contributed by atoms with E-state index in [1.807, 2.05) is 47.4 Å². The Hall–Kier alpha value is -3.04. The number of ether oxygens (including phenoxy) is 3. The van der Waals surface area contributed by atoms with Gasteiger partial charge in [0.15, 0.2) is 11.5 Å². The normalized spacial score (nSPS) is 16.5. The largest absolute Gasteiger partial charge is 0.454 e. The van der Waals surface area contributed by atoms with Crippen molar-refractivity contribution in [1.29, 1.82) is 0 Å². The third-order valence-corrected chi connectivity index (χ3v) is 5.97. The molecule has 1 saturated heterocycles. The molecule has 0 radical (unpaired) electrons. The number of morpholine rings is 1. The topological polar surface area (TPSA) is 86.9 Å². The first-order chi connectivity index (χ1) is 14.8. The summed E-state index contributed by atoms with van der Waals surface area (Å²) in [5.74, 6) is 1.71. The van der Waals surface area contributed by atoms with Crippen molar-refractivity contribution in [3.63, 3.8) is 0 Å². The molecule has 0 N–H and O–H groups in total. The summed E-state index contributed by atoms with van der Waals surface area (Å²) in [6.45, 7) is 2.45. The van der Waals surface area contributed by atoms with Crippen LogP contribution in [-0.4, -0.2) is 54.1 Å². The van der Waals surface area contributed by atoms with Gasteiger partial charge in [-0.1, -0.05) is 30.3 Å². The van der Waals surface area contributed by atoms with Crippen molar-refractivity contribution in [3.05, 3.63) is 54.1 Å². The molecule has 0 unspecified atom stereocenters. The van der Waals surface area contributed by atoms with Gasteiger partial charge in [0.1, 0.15) is 5.25 Å². The highest BCUT2D eigenvalue weighted by Crippen LogP contribution is 2.39. The second-order valence-corrected chi connectivity index (χ2v) is 7.84. The first kappa shape index (κ1) is 19.0. The van der Waals surface area contributed by atoms with E-state index in [0.29, 0.717) is 48.9 Å². The van der Waals surface area contributed by atoms with Crippen LogP contribution >= 0.6 is 11.8 Å². The number of carbonyl (C=O) groups is 1.